The van der Waals surface area contributed by atoms with E-state index in [0.29, 0.717) is 0 Å². The third kappa shape index (κ3) is 3.27. The lowest BCUT2D eigenvalue weighted by Crippen LogP contribution is -1.86. The van der Waals surface area contributed by atoms with Crippen LogP contribution in [0.5, 0.6) is 5.75 Å². The Hall–Kier alpha value is -3.26. The zero-order valence-electron chi connectivity index (χ0n) is 14.7. The summed E-state index contributed by atoms with van der Waals surface area (Å²) in [7, 11) is 1.68. The Bertz CT molecular complexity index is 1020. The fourth-order valence-electron chi connectivity index (χ4n) is 3.15. The fourth-order valence-corrected chi connectivity index (χ4v) is 3.15. The molecule has 0 unspecified atom stereocenters. The summed E-state index contributed by atoms with van der Waals surface area (Å²) < 4.78 is 11.5. The number of para-hydroxylation sites is 1. The molecule has 3 aromatic carbocycles. The van der Waals surface area contributed by atoms with Crippen LogP contribution in [0.1, 0.15) is 11.1 Å². The summed E-state index contributed by atoms with van der Waals surface area (Å²) in [5, 5.41) is 1.16. The summed E-state index contributed by atoms with van der Waals surface area (Å²) in [6.45, 7) is 0. The summed E-state index contributed by atoms with van der Waals surface area (Å²) in [4.78, 5) is 0. The first-order valence-electron chi connectivity index (χ1n) is 8.71. The van der Waals surface area contributed by atoms with Crippen LogP contribution in [-0.2, 0) is 6.42 Å². The van der Waals surface area contributed by atoms with E-state index in [1.807, 2.05) is 42.5 Å². The van der Waals surface area contributed by atoms with Gasteiger partial charge in [0.25, 0.3) is 0 Å². The van der Waals surface area contributed by atoms with Gasteiger partial charge in [-0.05, 0) is 42.3 Å². The van der Waals surface area contributed by atoms with Gasteiger partial charge in [-0.1, -0.05) is 60.7 Å². The summed E-state index contributed by atoms with van der Waals surface area (Å²) in [6, 6.07) is 26.6. The van der Waals surface area contributed by atoms with Gasteiger partial charge in [0.15, 0.2) is 0 Å². The third-order valence-corrected chi connectivity index (χ3v) is 4.48. The smallest absolute Gasteiger partial charge is 0.138 e. The van der Waals surface area contributed by atoms with E-state index in [1.54, 1.807) is 7.11 Å². The number of rotatable bonds is 5. The van der Waals surface area contributed by atoms with Crippen LogP contribution in [-0.4, -0.2) is 7.11 Å². The number of ether oxygens (including phenoxy) is 1. The number of fused-ring (bicyclic) bond motifs is 1. The van der Waals surface area contributed by atoms with Crippen molar-refractivity contribution in [2.45, 2.75) is 6.42 Å². The lowest BCUT2D eigenvalue weighted by Gasteiger charge is -2.03. The predicted molar refractivity (Wildman–Crippen MR) is 107 cm³/mol. The minimum Gasteiger partial charge on any atom is -0.497 e. The molecule has 1 heterocycles. The zero-order valence-corrected chi connectivity index (χ0v) is 14.7. The minimum absolute atomic E-state index is 0.813. The summed E-state index contributed by atoms with van der Waals surface area (Å²) in [6.07, 6.45) is 5.16. The molecule has 4 aromatic rings. The highest BCUT2D eigenvalue weighted by atomic mass is 16.5. The van der Waals surface area contributed by atoms with Crippen molar-refractivity contribution in [3.8, 4) is 17.1 Å². The molecule has 0 N–H and O–H groups in total. The Balaban J connectivity index is 1.72. The van der Waals surface area contributed by atoms with E-state index in [-0.39, 0.29) is 0 Å². The van der Waals surface area contributed by atoms with Gasteiger partial charge in [-0.3, -0.25) is 0 Å². The maximum atomic E-state index is 6.19. The van der Waals surface area contributed by atoms with Gasteiger partial charge < -0.3 is 9.15 Å². The number of methoxy groups -OCH3 is 1. The zero-order chi connectivity index (χ0) is 17.8. The van der Waals surface area contributed by atoms with Crippen molar-refractivity contribution in [2.75, 3.05) is 7.11 Å². The Morgan fingerprint density at radius 1 is 0.846 bits per heavy atom. The topological polar surface area (TPSA) is 22.4 Å². The molecule has 0 aliphatic heterocycles. The Morgan fingerprint density at radius 2 is 1.58 bits per heavy atom. The van der Waals surface area contributed by atoms with Crippen LogP contribution in [0.15, 0.2) is 89.4 Å². The average molecular weight is 340 g/mol. The van der Waals surface area contributed by atoms with Crippen molar-refractivity contribution < 1.29 is 9.15 Å². The van der Waals surface area contributed by atoms with Gasteiger partial charge in [-0.25, -0.2) is 0 Å². The quantitative estimate of drug-likeness (QED) is 0.421. The van der Waals surface area contributed by atoms with Gasteiger partial charge in [-0.2, -0.15) is 0 Å². The van der Waals surface area contributed by atoms with Gasteiger partial charge in [0.2, 0.25) is 0 Å². The first-order valence-corrected chi connectivity index (χ1v) is 8.71. The van der Waals surface area contributed by atoms with Gasteiger partial charge >= 0.3 is 0 Å². The maximum absolute atomic E-state index is 6.19. The lowest BCUT2D eigenvalue weighted by molar-refractivity contribution is 0.415. The van der Waals surface area contributed by atoms with E-state index < -0.39 is 0 Å². The molecule has 2 heteroatoms. The molecule has 26 heavy (non-hydrogen) atoms. The monoisotopic (exact) mass is 340 g/mol. The van der Waals surface area contributed by atoms with Crippen LogP contribution < -0.4 is 4.74 Å². The van der Waals surface area contributed by atoms with Crippen LogP contribution >= 0.6 is 0 Å². The highest BCUT2D eigenvalue weighted by molar-refractivity contribution is 5.88. The molecule has 2 nitrogen and oxygen atoms in total. The molecule has 0 radical (unpaired) electrons. The molecule has 0 amide bonds. The SMILES string of the molecule is COc1ccc(-c2oc3ccccc3c2C/C=C/c2ccccc2)cc1. The molecule has 0 aliphatic rings. The van der Waals surface area contributed by atoms with Crippen LogP contribution in [0.25, 0.3) is 28.4 Å². The lowest BCUT2D eigenvalue weighted by atomic mass is 10.0. The van der Waals surface area contributed by atoms with Crippen LogP contribution in [0.4, 0.5) is 0 Å². The van der Waals surface area contributed by atoms with Crippen LogP contribution in [0.3, 0.4) is 0 Å². The molecule has 1 aromatic heterocycles. The van der Waals surface area contributed by atoms with Gasteiger partial charge in [0.1, 0.15) is 17.1 Å². The highest BCUT2D eigenvalue weighted by Crippen LogP contribution is 2.34. The van der Waals surface area contributed by atoms with Gasteiger partial charge in [-0.15, -0.1) is 0 Å². The first kappa shape index (κ1) is 16.2. The van der Waals surface area contributed by atoms with Gasteiger partial charge in [0.05, 0.1) is 7.11 Å². The minimum atomic E-state index is 0.813. The van der Waals surface area contributed by atoms with Crippen LogP contribution in [0.2, 0.25) is 0 Å². The second kappa shape index (κ2) is 7.32. The second-order valence-electron chi connectivity index (χ2n) is 6.15. The molecule has 0 atom stereocenters. The second-order valence-corrected chi connectivity index (χ2v) is 6.15. The van der Waals surface area contributed by atoms with Crippen molar-refractivity contribution in [1.82, 2.24) is 0 Å². The largest absolute Gasteiger partial charge is 0.497 e. The van der Waals surface area contributed by atoms with Gasteiger partial charge in [0, 0.05) is 16.5 Å². The molecule has 0 bridgehead atoms. The van der Waals surface area contributed by atoms with E-state index in [2.05, 4.69) is 48.6 Å². The molecule has 0 spiro atoms. The molecule has 0 fully saturated rings. The van der Waals surface area contributed by atoms with Crippen molar-refractivity contribution in [3.63, 3.8) is 0 Å². The number of benzene rings is 3. The number of hydrogen-bond acceptors (Lipinski definition) is 2. The highest BCUT2D eigenvalue weighted by Gasteiger charge is 2.14. The molecule has 0 aliphatic carbocycles. The van der Waals surface area contributed by atoms with Crippen LogP contribution in [0, 0.1) is 0 Å². The van der Waals surface area contributed by atoms with Crippen molar-refractivity contribution in [1.29, 1.82) is 0 Å². The molecule has 4 rings (SSSR count). The molecular formula is C24H20O2. The summed E-state index contributed by atoms with van der Waals surface area (Å²) >= 11 is 0. The van der Waals surface area contributed by atoms with Crippen molar-refractivity contribution in [2.24, 2.45) is 0 Å². The molecule has 0 saturated heterocycles. The Kier molecular flexibility index (Phi) is 4.57. The van der Waals surface area contributed by atoms with Crippen molar-refractivity contribution in [3.05, 3.63) is 96.1 Å². The molecule has 128 valence electrons. The fraction of sp³-hybridized carbons (Fsp3) is 0.0833. The Labute approximate surface area is 153 Å². The predicted octanol–water partition coefficient (Wildman–Crippen LogP) is 6.36. The summed E-state index contributed by atoms with van der Waals surface area (Å²) in [5.74, 6) is 1.77. The standard InChI is InChI=1S/C24H20O2/c1-25-20-16-14-19(15-17-20)24-22(21-11-5-6-13-23(21)26-24)12-7-10-18-8-3-2-4-9-18/h2-11,13-17H,12H2,1H3/b10-7+. The molecular weight excluding hydrogens is 320 g/mol. The Morgan fingerprint density at radius 3 is 2.35 bits per heavy atom. The summed E-state index contributed by atoms with van der Waals surface area (Å²) in [5.41, 5.74) is 4.38. The average Bonchev–Trinajstić information content (AvgIpc) is 3.08. The normalized spacial score (nSPS) is 11.3. The third-order valence-electron chi connectivity index (χ3n) is 4.48. The van der Waals surface area contributed by atoms with E-state index in [4.69, 9.17) is 9.15 Å². The van der Waals surface area contributed by atoms with Crippen molar-refractivity contribution >= 4 is 17.0 Å². The van der Waals surface area contributed by atoms with E-state index in [1.165, 1.54) is 11.1 Å². The van der Waals surface area contributed by atoms with E-state index in [9.17, 15) is 0 Å². The first-order chi connectivity index (χ1) is 12.8. The number of hydrogen-bond donors (Lipinski definition) is 0. The van der Waals surface area contributed by atoms with E-state index in [0.717, 1.165) is 34.5 Å². The van der Waals surface area contributed by atoms with E-state index >= 15 is 0 Å². The number of allylic oxidation sites excluding steroid dienone is 1. The number of furan rings is 1. The maximum Gasteiger partial charge on any atom is 0.138 e. The molecule has 0 saturated carbocycles.